The molecule has 36 heavy (non-hydrogen) atoms. The van der Waals surface area contributed by atoms with E-state index in [0.29, 0.717) is 23.1 Å². The van der Waals surface area contributed by atoms with Gasteiger partial charge in [-0.05, 0) is 31.3 Å². The fourth-order valence-corrected chi connectivity index (χ4v) is 4.34. The molecule has 184 valence electrons. The quantitative estimate of drug-likeness (QED) is 0.384. The van der Waals surface area contributed by atoms with Crippen molar-refractivity contribution in [1.82, 2.24) is 19.5 Å². The van der Waals surface area contributed by atoms with Crippen molar-refractivity contribution in [3.8, 4) is 17.0 Å². The van der Waals surface area contributed by atoms with Crippen LogP contribution in [-0.2, 0) is 4.79 Å². The van der Waals surface area contributed by atoms with Crippen molar-refractivity contribution in [2.45, 2.75) is 0 Å². The number of ether oxygens (including phenoxy) is 1. The molecule has 0 radical (unpaired) electrons. The number of hydrogen-bond acceptors (Lipinski definition) is 7. The number of fused-ring (bicyclic) bond motifs is 1. The Hall–Kier alpha value is -4.37. The van der Waals surface area contributed by atoms with Crippen LogP contribution in [0, 0.1) is 0 Å². The van der Waals surface area contributed by atoms with Crippen molar-refractivity contribution in [3.05, 3.63) is 73.4 Å². The number of rotatable bonds is 7. The lowest BCUT2D eigenvalue weighted by Crippen LogP contribution is -2.44. The molecule has 5 rings (SSSR count). The van der Waals surface area contributed by atoms with Gasteiger partial charge in [0.15, 0.2) is 0 Å². The molecule has 9 heteroatoms. The molecular weight excluding hydrogens is 454 g/mol. The molecular formula is C27H29N7O2. The number of nitrogens with zero attached hydrogens (tertiary/aromatic N) is 5. The van der Waals surface area contributed by atoms with Crippen LogP contribution in [-0.4, -0.2) is 65.7 Å². The summed E-state index contributed by atoms with van der Waals surface area (Å²) in [5, 5.41) is 11.0. The van der Waals surface area contributed by atoms with Gasteiger partial charge in [-0.25, -0.2) is 9.50 Å². The zero-order valence-corrected chi connectivity index (χ0v) is 20.4. The van der Waals surface area contributed by atoms with E-state index in [4.69, 9.17) is 9.84 Å². The second kappa shape index (κ2) is 10.1. The van der Waals surface area contributed by atoms with Crippen LogP contribution in [0.1, 0.15) is 0 Å². The van der Waals surface area contributed by atoms with Gasteiger partial charge in [-0.15, -0.1) is 5.10 Å². The number of carbonyl (C=O) groups is 1. The fraction of sp³-hybridized carbons (Fsp3) is 0.222. The summed E-state index contributed by atoms with van der Waals surface area (Å²) in [4.78, 5) is 21.3. The average molecular weight is 484 g/mol. The predicted octanol–water partition coefficient (Wildman–Crippen LogP) is 4.02. The summed E-state index contributed by atoms with van der Waals surface area (Å²) in [5.74, 6) is 0.751. The largest absolute Gasteiger partial charge is 0.494 e. The Labute approximate surface area is 210 Å². The van der Waals surface area contributed by atoms with E-state index in [0.717, 1.165) is 48.6 Å². The van der Waals surface area contributed by atoms with Gasteiger partial charge in [-0.3, -0.25) is 4.79 Å². The van der Waals surface area contributed by atoms with Crippen LogP contribution in [0.4, 0.5) is 23.0 Å². The highest BCUT2D eigenvalue weighted by Gasteiger charge is 2.21. The summed E-state index contributed by atoms with van der Waals surface area (Å²) < 4.78 is 7.58. The van der Waals surface area contributed by atoms with Gasteiger partial charge in [0.05, 0.1) is 41.6 Å². The van der Waals surface area contributed by atoms with Crippen molar-refractivity contribution in [1.29, 1.82) is 0 Å². The average Bonchev–Trinajstić information content (AvgIpc) is 3.33. The van der Waals surface area contributed by atoms with Gasteiger partial charge in [0.25, 0.3) is 0 Å². The van der Waals surface area contributed by atoms with E-state index >= 15 is 0 Å². The zero-order valence-electron chi connectivity index (χ0n) is 20.4. The number of carbonyl (C=O) groups excluding carboxylic acids is 1. The van der Waals surface area contributed by atoms with Crippen LogP contribution < -0.4 is 20.3 Å². The smallest absolute Gasteiger partial charge is 0.247 e. The van der Waals surface area contributed by atoms with E-state index in [-0.39, 0.29) is 5.91 Å². The van der Waals surface area contributed by atoms with Crippen LogP contribution in [0.25, 0.3) is 16.8 Å². The van der Waals surface area contributed by atoms with Gasteiger partial charge in [-0.1, -0.05) is 36.9 Å². The third kappa shape index (κ3) is 4.73. The standard InChI is InChI=1S/C27H29N7O2/c1-4-26(35)29-21-16-22(25(36-3)17-24(21)33-14-12-32(2)13-15-33)30-27-28-18-20-10-11-23(34(20)31-27)19-8-6-5-7-9-19/h4-11,16-18H,1,12-15H2,2-3H3,(H,29,35)(H,30,31). The molecule has 0 bridgehead atoms. The van der Waals surface area contributed by atoms with E-state index in [1.807, 2.05) is 59.1 Å². The minimum absolute atomic E-state index is 0.279. The SMILES string of the molecule is C=CC(=O)Nc1cc(Nc2ncc3ccc(-c4ccccc4)n3n2)c(OC)cc1N1CCN(C)CC1. The minimum atomic E-state index is -0.279. The molecule has 2 aromatic heterocycles. The highest BCUT2D eigenvalue weighted by molar-refractivity contribution is 6.02. The molecule has 0 atom stereocenters. The van der Waals surface area contributed by atoms with Crippen LogP contribution in [0.15, 0.2) is 73.4 Å². The van der Waals surface area contributed by atoms with Crippen LogP contribution >= 0.6 is 0 Å². The maximum Gasteiger partial charge on any atom is 0.247 e. The molecule has 2 aromatic carbocycles. The molecule has 3 heterocycles. The summed E-state index contributed by atoms with van der Waals surface area (Å²) in [6.07, 6.45) is 3.03. The summed E-state index contributed by atoms with van der Waals surface area (Å²) in [6, 6.07) is 17.9. The van der Waals surface area contributed by atoms with Crippen LogP contribution in [0.3, 0.4) is 0 Å². The Morgan fingerprint density at radius 1 is 1.06 bits per heavy atom. The summed E-state index contributed by atoms with van der Waals surface area (Å²) in [6.45, 7) is 7.16. The molecule has 2 N–H and O–H groups in total. The third-order valence-electron chi connectivity index (χ3n) is 6.32. The van der Waals surface area contributed by atoms with Gasteiger partial charge in [0.2, 0.25) is 11.9 Å². The number of nitrogens with one attached hydrogen (secondary N) is 2. The summed E-state index contributed by atoms with van der Waals surface area (Å²) in [5.41, 5.74) is 5.12. The first kappa shape index (κ1) is 23.4. The number of hydrogen-bond donors (Lipinski definition) is 2. The molecule has 0 unspecified atom stereocenters. The summed E-state index contributed by atoms with van der Waals surface area (Å²) in [7, 11) is 3.73. The number of anilines is 4. The molecule has 1 saturated heterocycles. The van der Waals surface area contributed by atoms with E-state index in [9.17, 15) is 4.79 Å². The van der Waals surface area contributed by atoms with Gasteiger partial charge in [0.1, 0.15) is 5.75 Å². The Morgan fingerprint density at radius 2 is 1.83 bits per heavy atom. The molecule has 1 aliphatic heterocycles. The Kier molecular flexibility index (Phi) is 6.55. The number of amides is 1. The van der Waals surface area contributed by atoms with E-state index < -0.39 is 0 Å². The lowest BCUT2D eigenvalue weighted by molar-refractivity contribution is -0.111. The first-order chi connectivity index (χ1) is 17.6. The molecule has 1 amide bonds. The lowest BCUT2D eigenvalue weighted by atomic mass is 10.1. The maximum atomic E-state index is 12.2. The second-order valence-corrected chi connectivity index (χ2v) is 8.68. The maximum absolute atomic E-state index is 12.2. The third-order valence-corrected chi connectivity index (χ3v) is 6.32. The van der Waals surface area contributed by atoms with E-state index in [1.54, 1.807) is 13.3 Å². The number of piperazine rings is 1. The Bertz CT molecular complexity index is 1390. The topological polar surface area (TPSA) is 87.0 Å². The number of methoxy groups -OCH3 is 1. The van der Waals surface area contributed by atoms with E-state index in [1.165, 1.54) is 6.08 Å². The van der Waals surface area contributed by atoms with Gasteiger partial charge < -0.3 is 25.2 Å². The highest BCUT2D eigenvalue weighted by Crippen LogP contribution is 2.38. The van der Waals surface area contributed by atoms with Gasteiger partial charge >= 0.3 is 0 Å². The molecule has 0 spiro atoms. The second-order valence-electron chi connectivity index (χ2n) is 8.68. The molecule has 1 fully saturated rings. The Balaban J connectivity index is 1.52. The molecule has 4 aromatic rings. The normalized spacial score (nSPS) is 14.0. The molecule has 0 aliphatic carbocycles. The number of likely N-dealkylation sites (N-methyl/N-ethyl adjacent to an activating group) is 1. The predicted molar refractivity (Wildman–Crippen MR) is 143 cm³/mol. The first-order valence-corrected chi connectivity index (χ1v) is 11.8. The zero-order chi connectivity index (χ0) is 25.1. The van der Waals surface area contributed by atoms with Crippen molar-refractivity contribution < 1.29 is 9.53 Å². The fourth-order valence-electron chi connectivity index (χ4n) is 4.34. The number of aromatic nitrogens is 3. The van der Waals surface area contributed by atoms with Gasteiger partial charge in [0, 0.05) is 37.8 Å². The lowest BCUT2D eigenvalue weighted by Gasteiger charge is -2.35. The van der Waals surface area contributed by atoms with Crippen molar-refractivity contribution >= 4 is 34.4 Å². The highest BCUT2D eigenvalue weighted by atomic mass is 16.5. The minimum Gasteiger partial charge on any atom is -0.494 e. The monoisotopic (exact) mass is 483 g/mol. The Morgan fingerprint density at radius 3 is 2.56 bits per heavy atom. The van der Waals surface area contributed by atoms with Crippen LogP contribution in [0.2, 0.25) is 0 Å². The van der Waals surface area contributed by atoms with Crippen LogP contribution in [0.5, 0.6) is 5.75 Å². The molecule has 1 aliphatic rings. The van der Waals surface area contributed by atoms with Crippen molar-refractivity contribution in [2.75, 3.05) is 55.9 Å². The first-order valence-electron chi connectivity index (χ1n) is 11.8. The molecule has 9 nitrogen and oxygen atoms in total. The van der Waals surface area contributed by atoms with Crippen molar-refractivity contribution in [3.63, 3.8) is 0 Å². The van der Waals surface area contributed by atoms with E-state index in [2.05, 4.69) is 39.0 Å². The van der Waals surface area contributed by atoms with Gasteiger partial charge in [-0.2, -0.15) is 0 Å². The van der Waals surface area contributed by atoms with Crippen molar-refractivity contribution in [2.24, 2.45) is 0 Å². The number of benzene rings is 2. The molecule has 0 saturated carbocycles. The summed E-state index contributed by atoms with van der Waals surface area (Å²) >= 11 is 0.